The van der Waals surface area contributed by atoms with E-state index in [1.807, 2.05) is 55.5 Å². The fourth-order valence-corrected chi connectivity index (χ4v) is 5.14. The number of carbonyl (C=O) groups is 2. The third-order valence-electron chi connectivity index (χ3n) is 7.24. The van der Waals surface area contributed by atoms with Crippen molar-refractivity contribution in [2.24, 2.45) is 0 Å². The van der Waals surface area contributed by atoms with Crippen LogP contribution in [0.1, 0.15) is 66.8 Å². The predicted octanol–water partition coefficient (Wildman–Crippen LogP) is 6.16. The van der Waals surface area contributed by atoms with Crippen LogP contribution < -0.4 is 15.8 Å². The van der Waals surface area contributed by atoms with Crippen LogP contribution in [0.2, 0.25) is 0 Å². The lowest BCUT2D eigenvalue weighted by molar-refractivity contribution is -0.110. The number of aromatic nitrogens is 1. The summed E-state index contributed by atoms with van der Waals surface area (Å²) in [6.45, 7) is 9.43. The Morgan fingerprint density at radius 2 is 1.87 bits per heavy atom. The van der Waals surface area contributed by atoms with Gasteiger partial charge in [-0.3, -0.25) is 9.59 Å². The summed E-state index contributed by atoms with van der Waals surface area (Å²) in [5, 5.41) is 2.92. The van der Waals surface area contributed by atoms with E-state index in [4.69, 9.17) is 10.5 Å². The lowest BCUT2D eigenvalue weighted by atomic mass is 9.93. The van der Waals surface area contributed by atoms with E-state index in [0.717, 1.165) is 67.0 Å². The number of H-pyrrole nitrogens is 1. The monoisotopic (exact) mass is 514 g/mol. The van der Waals surface area contributed by atoms with Crippen LogP contribution in [0.25, 0.3) is 22.8 Å². The first-order valence-corrected chi connectivity index (χ1v) is 13.4. The largest absolute Gasteiger partial charge is 0.497 e. The molecule has 0 saturated carbocycles. The van der Waals surface area contributed by atoms with Gasteiger partial charge in [-0.2, -0.15) is 0 Å². The molecule has 0 bridgehead atoms. The van der Waals surface area contributed by atoms with Gasteiger partial charge in [-0.15, -0.1) is 0 Å². The Bertz CT molecular complexity index is 1350. The summed E-state index contributed by atoms with van der Waals surface area (Å²) in [5.41, 5.74) is 12.5. The van der Waals surface area contributed by atoms with Gasteiger partial charge in [-0.1, -0.05) is 32.4 Å². The van der Waals surface area contributed by atoms with Gasteiger partial charge in [0.25, 0.3) is 5.91 Å². The third-order valence-corrected chi connectivity index (χ3v) is 7.24. The van der Waals surface area contributed by atoms with Crippen LogP contribution in [0, 0.1) is 6.92 Å². The standard InChI is InChI=1S/C31H38N4O3/c1-5-35(6-2)16-9-7-8-13-28(36)29-20(3)33-27(30(29)21-11-10-12-22(32)17-21)19-25-24-18-23(38-4)14-15-26(24)34-31(25)37/h10-12,14-15,17-19,33H,5-9,13,16,32H2,1-4H3,(H,34,37)/b25-19-. The molecule has 200 valence electrons. The van der Waals surface area contributed by atoms with Crippen molar-refractivity contribution in [3.8, 4) is 16.9 Å². The summed E-state index contributed by atoms with van der Waals surface area (Å²) >= 11 is 0. The number of anilines is 2. The molecule has 0 aliphatic carbocycles. The number of nitrogens with zero attached hydrogens (tertiary/aromatic N) is 1. The number of nitrogens with one attached hydrogen (secondary N) is 2. The number of ether oxygens (including phenoxy) is 1. The van der Waals surface area contributed by atoms with Crippen LogP contribution in [0.15, 0.2) is 42.5 Å². The van der Waals surface area contributed by atoms with Gasteiger partial charge in [0.2, 0.25) is 0 Å². The number of carbonyl (C=O) groups excluding carboxylic acids is 2. The third kappa shape index (κ3) is 5.83. The molecule has 1 amide bonds. The van der Waals surface area contributed by atoms with Crippen molar-refractivity contribution in [2.75, 3.05) is 37.8 Å². The number of aryl methyl sites for hydroxylation is 1. The lowest BCUT2D eigenvalue weighted by Crippen LogP contribution is -2.23. The van der Waals surface area contributed by atoms with Crippen LogP contribution in [0.3, 0.4) is 0 Å². The summed E-state index contributed by atoms with van der Waals surface area (Å²) in [4.78, 5) is 32.3. The molecule has 1 aliphatic heterocycles. The zero-order valence-corrected chi connectivity index (χ0v) is 22.8. The average Bonchev–Trinajstić information content (AvgIpc) is 3.41. The van der Waals surface area contributed by atoms with E-state index in [0.29, 0.717) is 34.7 Å². The van der Waals surface area contributed by atoms with Crippen molar-refractivity contribution in [3.63, 3.8) is 0 Å². The van der Waals surface area contributed by atoms with E-state index in [-0.39, 0.29) is 11.7 Å². The molecule has 38 heavy (non-hydrogen) atoms. The summed E-state index contributed by atoms with van der Waals surface area (Å²) in [6.07, 6.45) is 5.23. The highest BCUT2D eigenvalue weighted by molar-refractivity contribution is 6.35. The number of rotatable bonds is 12. The number of unbranched alkanes of at least 4 members (excludes halogenated alkanes) is 2. The van der Waals surface area contributed by atoms with Crippen molar-refractivity contribution in [2.45, 2.75) is 46.5 Å². The molecule has 4 rings (SSSR count). The van der Waals surface area contributed by atoms with Crippen LogP contribution >= 0.6 is 0 Å². The SMILES string of the molecule is CCN(CC)CCCCCC(=O)c1c(C)[nH]c(/C=C2\C(=O)Nc3ccc(OC)cc32)c1-c1cccc(N)c1. The highest BCUT2D eigenvalue weighted by atomic mass is 16.5. The number of aromatic amines is 1. The maximum atomic E-state index is 13.6. The molecule has 0 unspecified atom stereocenters. The second-order valence-corrected chi connectivity index (χ2v) is 9.72. The van der Waals surface area contributed by atoms with Crippen LogP contribution in [-0.4, -0.2) is 48.3 Å². The molecule has 4 N–H and O–H groups in total. The molecule has 7 heteroatoms. The highest BCUT2D eigenvalue weighted by Crippen LogP contribution is 2.39. The maximum Gasteiger partial charge on any atom is 0.256 e. The predicted molar refractivity (Wildman–Crippen MR) is 155 cm³/mol. The molecule has 0 spiro atoms. The number of fused-ring (bicyclic) bond motifs is 1. The normalized spacial score (nSPS) is 13.7. The van der Waals surface area contributed by atoms with Gasteiger partial charge in [0.05, 0.1) is 12.7 Å². The Labute approximate surface area is 225 Å². The quantitative estimate of drug-likeness (QED) is 0.116. The number of hydrogen-bond acceptors (Lipinski definition) is 5. The molecular weight excluding hydrogens is 476 g/mol. The molecule has 2 aromatic carbocycles. The number of benzene rings is 2. The molecule has 0 atom stereocenters. The Hall–Kier alpha value is -3.84. The van der Waals surface area contributed by atoms with Gasteiger partial charge in [0.15, 0.2) is 5.78 Å². The first kappa shape index (κ1) is 27.2. The smallest absolute Gasteiger partial charge is 0.256 e. The van der Waals surface area contributed by atoms with Gasteiger partial charge < -0.3 is 25.7 Å². The summed E-state index contributed by atoms with van der Waals surface area (Å²) in [7, 11) is 1.60. The topological polar surface area (TPSA) is 100 Å². The van der Waals surface area contributed by atoms with Gasteiger partial charge >= 0.3 is 0 Å². The molecule has 0 radical (unpaired) electrons. The molecule has 3 aromatic rings. The summed E-state index contributed by atoms with van der Waals surface area (Å²) in [5.74, 6) is 0.573. The van der Waals surface area contributed by atoms with Crippen molar-refractivity contribution < 1.29 is 14.3 Å². The van der Waals surface area contributed by atoms with E-state index in [9.17, 15) is 9.59 Å². The van der Waals surface area contributed by atoms with E-state index in [2.05, 4.69) is 29.0 Å². The molecule has 7 nitrogen and oxygen atoms in total. The number of nitrogens with two attached hydrogens (primary N) is 1. The number of hydrogen-bond donors (Lipinski definition) is 3. The lowest BCUT2D eigenvalue weighted by Gasteiger charge is -2.17. The Morgan fingerprint density at radius 3 is 2.58 bits per heavy atom. The maximum absolute atomic E-state index is 13.6. The average molecular weight is 515 g/mol. The Morgan fingerprint density at radius 1 is 1.08 bits per heavy atom. The summed E-state index contributed by atoms with van der Waals surface area (Å²) < 4.78 is 5.38. The van der Waals surface area contributed by atoms with Crippen molar-refractivity contribution >= 4 is 34.7 Å². The molecule has 2 heterocycles. The molecule has 0 fully saturated rings. The zero-order chi connectivity index (χ0) is 27.2. The molecule has 0 saturated heterocycles. The minimum absolute atomic E-state index is 0.0987. The Balaban J connectivity index is 1.68. The van der Waals surface area contributed by atoms with Gasteiger partial charge in [0.1, 0.15) is 5.75 Å². The first-order valence-electron chi connectivity index (χ1n) is 13.4. The number of ketones is 1. The Kier molecular flexibility index (Phi) is 8.69. The van der Waals surface area contributed by atoms with E-state index < -0.39 is 0 Å². The number of nitrogen functional groups attached to an aromatic ring is 1. The molecular formula is C31H38N4O3. The highest BCUT2D eigenvalue weighted by Gasteiger charge is 2.27. The second-order valence-electron chi connectivity index (χ2n) is 9.72. The van der Waals surface area contributed by atoms with Crippen LogP contribution in [-0.2, 0) is 4.79 Å². The van der Waals surface area contributed by atoms with Crippen molar-refractivity contribution in [1.82, 2.24) is 9.88 Å². The molecule has 1 aromatic heterocycles. The number of Topliss-reactive ketones (excluding diaryl/α,β-unsaturated/α-hetero) is 1. The zero-order valence-electron chi connectivity index (χ0n) is 22.8. The van der Waals surface area contributed by atoms with E-state index in [1.165, 1.54) is 0 Å². The first-order chi connectivity index (χ1) is 18.4. The fourth-order valence-electron chi connectivity index (χ4n) is 5.14. The summed E-state index contributed by atoms with van der Waals surface area (Å²) in [6, 6.07) is 13.0. The van der Waals surface area contributed by atoms with Crippen LogP contribution in [0.4, 0.5) is 11.4 Å². The van der Waals surface area contributed by atoms with Gasteiger partial charge in [-0.25, -0.2) is 0 Å². The molecule has 1 aliphatic rings. The van der Waals surface area contributed by atoms with E-state index >= 15 is 0 Å². The van der Waals surface area contributed by atoms with E-state index in [1.54, 1.807) is 7.11 Å². The van der Waals surface area contributed by atoms with Crippen molar-refractivity contribution in [1.29, 1.82) is 0 Å². The van der Waals surface area contributed by atoms with Crippen LogP contribution in [0.5, 0.6) is 5.75 Å². The number of amides is 1. The number of methoxy groups -OCH3 is 1. The second kappa shape index (κ2) is 12.1. The van der Waals surface area contributed by atoms with Gasteiger partial charge in [-0.05, 0) is 81.4 Å². The van der Waals surface area contributed by atoms with Crippen molar-refractivity contribution in [3.05, 3.63) is 65.0 Å². The minimum Gasteiger partial charge on any atom is -0.497 e. The minimum atomic E-state index is -0.194. The van der Waals surface area contributed by atoms with Gasteiger partial charge in [0, 0.05) is 45.9 Å². The fraction of sp³-hybridized carbons (Fsp3) is 0.355.